The van der Waals surface area contributed by atoms with Crippen molar-refractivity contribution in [3.8, 4) is 0 Å². The molecule has 1 aromatic heterocycles. The zero-order chi connectivity index (χ0) is 15.1. The van der Waals surface area contributed by atoms with Gasteiger partial charge in [-0.05, 0) is 35.4 Å². The summed E-state index contributed by atoms with van der Waals surface area (Å²) in [7, 11) is 0. The SMILES string of the molecule is O=c1[nH]c2cc(Br)c(C(Cl)c3cc(F)cc(F)c3)cc2[nH]1. The largest absolute Gasteiger partial charge is 0.323 e. The zero-order valence-electron chi connectivity index (χ0n) is 10.4. The van der Waals surface area contributed by atoms with Crippen molar-refractivity contribution in [1.29, 1.82) is 0 Å². The van der Waals surface area contributed by atoms with Crippen LogP contribution in [0.5, 0.6) is 0 Å². The molecular weight excluding hydrogens is 366 g/mol. The fourth-order valence-electron chi connectivity index (χ4n) is 2.17. The summed E-state index contributed by atoms with van der Waals surface area (Å²) in [5.74, 6) is -1.38. The van der Waals surface area contributed by atoms with E-state index in [0.717, 1.165) is 6.07 Å². The number of hydrogen-bond donors (Lipinski definition) is 2. The van der Waals surface area contributed by atoms with E-state index < -0.39 is 17.0 Å². The summed E-state index contributed by atoms with van der Waals surface area (Å²) in [6.07, 6.45) is 0. The Morgan fingerprint density at radius 1 is 1.00 bits per heavy atom. The summed E-state index contributed by atoms with van der Waals surface area (Å²) < 4.78 is 27.2. The van der Waals surface area contributed by atoms with E-state index in [1.807, 2.05) is 0 Å². The summed E-state index contributed by atoms with van der Waals surface area (Å²) in [6, 6.07) is 6.49. The number of benzene rings is 2. The first kappa shape index (κ1) is 14.3. The Bertz CT molecular complexity index is 870. The topological polar surface area (TPSA) is 48.6 Å². The number of imidazole rings is 1. The van der Waals surface area contributed by atoms with Gasteiger partial charge in [0.05, 0.1) is 16.4 Å². The zero-order valence-corrected chi connectivity index (χ0v) is 12.7. The molecule has 1 heterocycles. The molecular formula is C14H8BrClF2N2O. The Hall–Kier alpha value is -1.66. The van der Waals surface area contributed by atoms with Gasteiger partial charge in [0.15, 0.2) is 0 Å². The number of halogens is 4. The number of aromatic amines is 2. The van der Waals surface area contributed by atoms with Crippen LogP contribution in [0.3, 0.4) is 0 Å². The maximum atomic E-state index is 13.3. The normalized spacial score (nSPS) is 12.8. The molecule has 0 saturated carbocycles. The maximum absolute atomic E-state index is 13.3. The van der Waals surface area contributed by atoms with Crippen molar-refractivity contribution in [3.63, 3.8) is 0 Å². The van der Waals surface area contributed by atoms with E-state index in [1.54, 1.807) is 12.1 Å². The second-order valence-electron chi connectivity index (χ2n) is 4.56. The Morgan fingerprint density at radius 2 is 1.57 bits per heavy atom. The highest BCUT2D eigenvalue weighted by molar-refractivity contribution is 9.10. The third-order valence-electron chi connectivity index (χ3n) is 3.08. The molecule has 3 aromatic rings. The lowest BCUT2D eigenvalue weighted by Gasteiger charge is -2.13. The lowest BCUT2D eigenvalue weighted by atomic mass is 10.0. The summed E-state index contributed by atoms with van der Waals surface area (Å²) >= 11 is 9.68. The third-order valence-corrected chi connectivity index (χ3v) is 4.26. The van der Waals surface area contributed by atoms with Crippen LogP contribution in [0.15, 0.2) is 39.6 Å². The molecule has 0 spiro atoms. The molecule has 0 bridgehead atoms. The number of hydrogen-bond acceptors (Lipinski definition) is 1. The van der Waals surface area contributed by atoms with Gasteiger partial charge in [0.25, 0.3) is 0 Å². The summed E-state index contributed by atoms with van der Waals surface area (Å²) in [4.78, 5) is 16.5. The number of alkyl halides is 1. The van der Waals surface area contributed by atoms with Crippen LogP contribution in [0.1, 0.15) is 16.5 Å². The molecule has 1 unspecified atom stereocenters. The average Bonchev–Trinajstić information content (AvgIpc) is 2.75. The minimum atomic E-state index is -0.757. The number of aromatic nitrogens is 2. The highest BCUT2D eigenvalue weighted by Crippen LogP contribution is 2.36. The monoisotopic (exact) mass is 372 g/mol. The number of H-pyrrole nitrogens is 2. The van der Waals surface area contributed by atoms with Crippen molar-refractivity contribution in [3.05, 3.63) is 68.1 Å². The average molecular weight is 374 g/mol. The van der Waals surface area contributed by atoms with Crippen LogP contribution in [-0.2, 0) is 0 Å². The van der Waals surface area contributed by atoms with E-state index in [0.29, 0.717) is 26.6 Å². The van der Waals surface area contributed by atoms with Gasteiger partial charge in [-0.2, -0.15) is 0 Å². The number of rotatable bonds is 2. The van der Waals surface area contributed by atoms with Gasteiger partial charge >= 0.3 is 5.69 Å². The highest BCUT2D eigenvalue weighted by Gasteiger charge is 2.17. The summed E-state index contributed by atoms with van der Waals surface area (Å²) in [6.45, 7) is 0. The fourth-order valence-corrected chi connectivity index (χ4v) is 3.18. The third kappa shape index (κ3) is 2.73. The van der Waals surface area contributed by atoms with Gasteiger partial charge in [-0.25, -0.2) is 13.6 Å². The first-order valence-corrected chi connectivity index (χ1v) is 7.18. The summed E-state index contributed by atoms with van der Waals surface area (Å²) in [5.41, 5.74) is 1.75. The van der Waals surface area contributed by atoms with Gasteiger partial charge in [0.1, 0.15) is 11.6 Å². The lowest BCUT2D eigenvalue weighted by Crippen LogP contribution is -1.99. The van der Waals surface area contributed by atoms with E-state index >= 15 is 0 Å². The van der Waals surface area contributed by atoms with Gasteiger partial charge in [-0.1, -0.05) is 15.9 Å². The van der Waals surface area contributed by atoms with Crippen LogP contribution in [0.4, 0.5) is 8.78 Å². The van der Waals surface area contributed by atoms with Gasteiger partial charge in [0, 0.05) is 10.5 Å². The van der Waals surface area contributed by atoms with E-state index in [4.69, 9.17) is 11.6 Å². The van der Waals surface area contributed by atoms with Crippen LogP contribution in [0, 0.1) is 11.6 Å². The van der Waals surface area contributed by atoms with E-state index in [2.05, 4.69) is 25.9 Å². The molecule has 3 nitrogen and oxygen atoms in total. The molecule has 21 heavy (non-hydrogen) atoms. The molecule has 0 aliphatic rings. The van der Waals surface area contributed by atoms with Crippen molar-refractivity contribution < 1.29 is 8.78 Å². The van der Waals surface area contributed by atoms with Gasteiger partial charge in [-0.15, -0.1) is 11.6 Å². The van der Waals surface area contributed by atoms with Crippen molar-refractivity contribution in [2.45, 2.75) is 5.38 Å². The molecule has 0 amide bonds. The first-order valence-electron chi connectivity index (χ1n) is 5.95. The molecule has 1 atom stereocenters. The van der Waals surface area contributed by atoms with E-state index in [1.165, 1.54) is 12.1 Å². The van der Waals surface area contributed by atoms with Crippen molar-refractivity contribution in [2.75, 3.05) is 0 Å². The smallest absolute Gasteiger partial charge is 0.306 e. The van der Waals surface area contributed by atoms with Crippen LogP contribution in [-0.4, -0.2) is 9.97 Å². The Kier molecular flexibility index (Phi) is 3.59. The molecule has 2 N–H and O–H groups in total. The second-order valence-corrected chi connectivity index (χ2v) is 5.85. The molecule has 7 heteroatoms. The molecule has 3 rings (SSSR count). The maximum Gasteiger partial charge on any atom is 0.323 e. The minimum Gasteiger partial charge on any atom is -0.306 e. The molecule has 0 saturated heterocycles. The van der Waals surface area contributed by atoms with E-state index in [-0.39, 0.29) is 5.69 Å². The minimum absolute atomic E-state index is 0.298. The molecule has 2 aromatic carbocycles. The molecule has 0 aliphatic heterocycles. The Balaban J connectivity index is 2.13. The van der Waals surface area contributed by atoms with Crippen LogP contribution in [0.2, 0.25) is 0 Å². The predicted molar refractivity (Wildman–Crippen MR) is 80.7 cm³/mol. The molecule has 108 valence electrons. The molecule has 0 aliphatic carbocycles. The van der Waals surface area contributed by atoms with Crippen LogP contribution >= 0.6 is 27.5 Å². The first-order chi connectivity index (χ1) is 9.94. The van der Waals surface area contributed by atoms with E-state index in [9.17, 15) is 13.6 Å². The fraction of sp³-hybridized carbons (Fsp3) is 0.0714. The molecule has 0 radical (unpaired) electrons. The number of nitrogens with one attached hydrogen (secondary N) is 2. The highest BCUT2D eigenvalue weighted by atomic mass is 79.9. The summed E-state index contributed by atoms with van der Waals surface area (Å²) in [5, 5.41) is -0.757. The molecule has 0 fully saturated rings. The van der Waals surface area contributed by atoms with Crippen LogP contribution < -0.4 is 5.69 Å². The Labute approximate surface area is 131 Å². The lowest BCUT2D eigenvalue weighted by molar-refractivity contribution is 0.580. The van der Waals surface area contributed by atoms with Crippen molar-refractivity contribution in [2.24, 2.45) is 0 Å². The van der Waals surface area contributed by atoms with Crippen molar-refractivity contribution in [1.82, 2.24) is 9.97 Å². The van der Waals surface area contributed by atoms with Gasteiger partial charge < -0.3 is 9.97 Å². The van der Waals surface area contributed by atoms with Crippen molar-refractivity contribution >= 4 is 38.6 Å². The number of fused-ring (bicyclic) bond motifs is 1. The van der Waals surface area contributed by atoms with Gasteiger partial charge in [-0.3, -0.25) is 0 Å². The van der Waals surface area contributed by atoms with Gasteiger partial charge in [0.2, 0.25) is 0 Å². The Morgan fingerprint density at radius 3 is 2.19 bits per heavy atom. The quantitative estimate of drug-likeness (QED) is 0.649. The predicted octanol–water partition coefficient (Wildman–Crippen LogP) is 4.23. The standard InChI is InChI=1S/C14H8BrClF2N2O/c15-10-5-12-11(19-14(21)20-12)4-9(10)13(16)6-1-7(17)3-8(18)2-6/h1-5,13H,(H2,19,20,21). The van der Waals surface area contributed by atoms with Crippen LogP contribution in [0.25, 0.3) is 11.0 Å². The second kappa shape index (κ2) is 5.27.